The number of nitrogens with zero attached hydrogens (tertiary/aromatic N) is 1. The fourth-order valence-electron chi connectivity index (χ4n) is 2.92. The van der Waals surface area contributed by atoms with E-state index in [-0.39, 0.29) is 29.2 Å². The highest BCUT2D eigenvalue weighted by Gasteiger charge is 2.25. The number of rotatable bonds is 6. The molecule has 1 aromatic heterocycles. The number of pyridine rings is 1. The highest BCUT2D eigenvalue weighted by Crippen LogP contribution is 2.28. The predicted octanol–water partition coefficient (Wildman–Crippen LogP) is 1.82. The van der Waals surface area contributed by atoms with E-state index in [1.807, 2.05) is 0 Å². The number of ketones is 1. The number of hydrogen-bond acceptors (Lipinski definition) is 4. The van der Waals surface area contributed by atoms with E-state index in [4.69, 9.17) is 5.73 Å². The van der Waals surface area contributed by atoms with Crippen LogP contribution in [-0.4, -0.2) is 29.3 Å². The van der Waals surface area contributed by atoms with E-state index in [1.54, 1.807) is 0 Å². The number of amides is 1. The number of aromatic nitrogens is 1. The molecule has 0 aromatic carbocycles. The van der Waals surface area contributed by atoms with Gasteiger partial charge in [0.1, 0.15) is 0 Å². The first-order chi connectivity index (χ1) is 10.6. The van der Waals surface area contributed by atoms with Gasteiger partial charge in [-0.3, -0.25) is 14.6 Å². The van der Waals surface area contributed by atoms with Gasteiger partial charge in [0.25, 0.3) is 0 Å². The molecule has 1 aliphatic carbocycles. The Labute approximate surface area is 129 Å². The lowest BCUT2D eigenvalue weighted by atomic mass is 9.82. The summed E-state index contributed by atoms with van der Waals surface area (Å²) in [6.07, 6.45) is 6.64. The summed E-state index contributed by atoms with van der Waals surface area (Å²) in [5.74, 6) is -0.491. The third kappa shape index (κ3) is 4.59. The Morgan fingerprint density at radius 3 is 2.68 bits per heavy atom. The normalized spacial score (nSPS) is 21.4. The van der Waals surface area contributed by atoms with Crippen LogP contribution in [0.15, 0.2) is 18.5 Å². The van der Waals surface area contributed by atoms with Gasteiger partial charge in [0, 0.05) is 31.6 Å². The van der Waals surface area contributed by atoms with E-state index in [9.17, 15) is 14.0 Å². The molecule has 1 aliphatic rings. The van der Waals surface area contributed by atoms with Crippen molar-refractivity contribution >= 4 is 11.7 Å². The molecule has 0 spiro atoms. The maximum absolute atomic E-state index is 13.5. The van der Waals surface area contributed by atoms with Gasteiger partial charge in [-0.25, -0.2) is 4.39 Å². The van der Waals surface area contributed by atoms with Crippen molar-refractivity contribution in [1.82, 2.24) is 10.3 Å². The second kappa shape index (κ2) is 7.98. The van der Waals surface area contributed by atoms with Crippen LogP contribution in [0.1, 0.15) is 48.9 Å². The average molecular weight is 307 g/mol. The van der Waals surface area contributed by atoms with Crippen LogP contribution in [0.4, 0.5) is 4.39 Å². The van der Waals surface area contributed by atoms with E-state index in [0.717, 1.165) is 31.9 Å². The van der Waals surface area contributed by atoms with E-state index >= 15 is 0 Å². The van der Waals surface area contributed by atoms with Crippen molar-refractivity contribution in [1.29, 1.82) is 0 Å². The van der Waals surface area contributed by atoms with Crippen molar-refractivity contribution in [3.8, 4) is 0 Å². The molecule has 5 nitrogen and oxygen atoms in total. The van der Waals surface area contributed by atoms with Crippen LogP contribution < -0.4 is 11.1 Å². The molecule has 1 saturated carbocycles. The van der Waals surface area contributed by atoms with Crippen LogP contribution in [0.2, 0.25) is 0 Å². The number of nitrogens with one attached hydrogen (secondary N) is 1. The Morgan fingerprint density at radius 1 is 1.32 bits per heavy atom. The Morgan fingerprint density at radius 2 is 2.05 bits per heavy atom. The molecule has 2 rings (SSSR count). The van der Waals surface area contributed by atoms with Crippen LogP contribution in [-0.2, 0) is 4.79 Å². The maximum atomic E-state index is 13.5. The summed E-state index contributed by atoms with van der Waals surface area (Å²) >= 11 is 0. The smallest absolute Gasteiger partial charge is 0.221 e. The SMILES string of the molecule is NCCC(=O)NC1CCC(CC(=O)c2ccncc2F)CC1. The summed E-state index contributed by atoms with van der Waals surface area (Å²) in [6.45, 7) is 0.354. The highest BCUT2D eigenvalue weighted by atomic mass is 19.1. The van der Waals surface area contributed by atoms with Crippen molar-refractivity contribution in [2.24, 2.45) is 11.7 Å². The average Bonchev–Trinajstić information content (AvgIpc) is 2.50. The van der Waals surface area contributed by atoms with Gasteiger partial charge in [0.2, 0.25) is 5.91 Å². The molecule has 6 heteroatoms. The first-order valence-corrected chi connectivity index (χ1v) is 7.72. The third-order valence-corrected chi connectivity index (χ3v) is 4.13. The summed E-state index contributed by atoms with van der Waals surface area (Å²) in [6, 6.07) is 1.60. The molecule has 3 N–H and O–H groups in total. The molecule has 120 valence electrons. The number of nitrogens with two attached hydrogens (primary N) is 1. The molecule has 1 aromatic rings. The number of carbonyl (C=O) groups is 2. The molecule has 0 saturated heterocycles. The molecular formula is C16H22FN3O2. The molecule has 1 heterocycles. The van der Waals surface area contributed by atoms with Gasteiger partial charge in [0.05, 0.1) is 11.8 Å². The lowest BCUT2D eigenvalue weighted by Crippen LogP contribution is -2.38. The number of Topliss-reactive ketones (excluding diaryl/α,β-unsaturated/α-hetero) is 1. The minimum atomic E-state index is -0.560. The maximum Gasteiger partial charge on any atom is 0.221 e. The second-order valence-electron chi connectivity index (χ2n) is 5.81. The molecule has 0 aliphatic heterocycles. The summed E-state index contributed by atoms with van der Waals surface area (Å²) in [5, 5.41) is 2.96. The van der Waals surface area contributed by atoms with Crippen LogP contribution >= 0.6 is 0 Å². The monoisotopic (exact) mass is 307 g/mol. The Balaban J connectivity index is 1.79. The topological polar surface area (TPSA) is 85.1 Å². The quantitative estimate of drug-likeness (QED) is 0.785. The fraction of sp³-hybridized carbons (Fsp3) is 0.562. The first-order valence-electron chi connectivity index (χ1n) is 7.72. The van der Waals surface area contributed by atoms with Gasteiger partial charge in [-0.1, -0.05) is 0 Å². The van der Waals surface area contributed by atoms with Crippen LogP contribution in [0.25, 0.3) is 0 Å². The summed E-state index contributed by atoms with van der Waals surface area (Å²) < 4.78 is 13.5. The molecule has 22 heavy (non-hydrogen) atoms. The lowest BCUT2D eigenvalue weighted by Gasteiger charge is -2.28. The second-order valence-corrected chi connectivity index (χ2v) is 5.81. The fourth-order valence-corrected chi connectivity index (χ4v) is 2.92. The van der Waals surface area contributed by atoms with Gasteiger partial charge < -0.3 is 11.1 Å². The minimum absolute atomic E-state index is 0.0131. The van der Waals surface area contributed by atoms with Crippen molar-refractivity contribution in [2.45, 2.75) is 44.6 Å². The Bertz CT molecular complexity index is 528. The molecule has 1 amide bonds. The molecule has 0 bridgehead atoms. The van der Waals surface area contributed by atoms with E-state index in [2.05, 4.69) is 10.3 Å². The Kier molecular flexibility index (Phi) is 6.00. The zero-order valence-electron chi connectivity index (χ0n) is 12.6. The zero-order valence-corrected chi connectivity index (χ0v) is 12.6. The van der Waals surface area contributed by atoms with Gasteiger partial charge in [-0.2, -0.15) is 0 Å². The van der Waals surface area contributed by atoms with Gasteiger partial charge in [0.15, 0.2) is 11.6 Å². The molecular weight excluding hydrogens is 285 g/mol. The van der Waals surface area contributed by atoms with Crippen LogP contribution in [0.3, 0.4) is 0 Å². The van der Waals surface area contributed by atoms with Crippen molar-refractivity contribution in [2.75, 3.05) is 6.54 Å². The summed E-state index contributed by atoms with van der Waals surface area (Å²) in [4.78, 5) is 27.3. The van der Waals surface area contributed by atoms with Crippen LogP contribution in [0.5, 0.6) is 0 Å². The van der Waals surface area contributed by atoms with Gasteiger partial charge >= 0.3 is 0 Å². The molecule has 0 unspecified atom stereocenters. The molecule has 0 atom stereocenters. The van der Waals surface area contributed by atoms with Gasteiger partial charge in [-0.05, 0) is 37.7 Å². The first kappa shape index (κ1) is 16.5. The Hall–Kier alpha value is -1.82. The summed E-state index contributed by atoms with van der Waals surface area (Å²) in [7, 11) is 0. The van der Waals surface area contributed by atoms with Crippen LogP contribution in [0, 0.1) is 11.7 Å². The summed E-state index contributed by atoms with van der Waals surface area (Å²) in [5.41, 5.74) is 5.46. The number of hydrogen-bond donors (Lipinski definition) is 2. The van der Waals surface area contributed by atoms with E-state index in [1.165, 1.54) is 12.3 Å². The van der Waals surface area contributed by atoms with Crippen molar-refractivity contribution < 1.29 is 14.0 Å². The van der Waals surface area contributed by atoms with Gasteiger partial charge in [-0.15, -0.1) is 0 Å². The van der Waals surface area contributed by atoms with E-state index < -0.39 is 5.82 Å². The highest BCUT2D eigenvalue weighted by molar-refractivity contribution is 5.96. The van der Waals surface area contributed by atoms with Crippen molar-refractivity contribution in [3.05, 3.63) is 29.8 Å². The standard InChI is InChI=1S/C16H22FN3O2/c17-14-10-19-8-6-13(14)15(21)9-11-1-3-12(4-2-11)20-16(22)5-7-18/h6,8,10-12H,1-5,7,9,18H2,(H,20,22). The molecule has 0 radical (unpaired) electrons. The minimum Gasteiger partial charge on any atom is -0.353 e. The lowest BCUT2D eigenvalue weighted by molar-refractivity contribution is -0.121. The third-order valence-electron chi connectivity index (χ3n) is 4.13. The molecule has 1 fully saturated rings. The number of halogens is 1. The zero-order chi connectivity index (χ0) is 15.9. The van der Waals surface area contributed by atoms with Crippen molar-refractivity contribution in [3.63, 3.8) is 0 Å². The number of carbonyl (C=O) groups excluding carboxylic acids is 2. The predicted molar refractivity (Wildman–Crippen MR) is 80.7 cm³/mol. The largest absolute Gasteiger partial charge is 0.353 e. The van der Waals surface area contributed by atoms with E-state index in [0.29, 0.717) is 19.4 Å².